The van der Waals surface area contributed by atoms with Crippen molar-refractivity contribution in [1.82, 2.24) is 10.2 Å². The Bertz CT molecular complexity index is 756. The number of carbonyl (C=O) groups excluding carboxylic acids is 2. The van der Waals surface area contributed by atoms with Crippen LogP contribution in [0.4, 0.5) is 4.79 Å². The summed E-state index contributed by atoms with van der Waals surface area (Å²) in [5.74, 6) is 0.489. The van der Waals surface area contributed by atoms with Gasteiger partial charge in [0.25, 0.3) is 5.91 Å². The van der Waals surface area contributed by atoms with Crippen LogP contribution in [0.3, 0.4) is 0 Å². The lowest BCUT2D eigenvalue weighted by atomic mass is 9.99. The molecule has 1 aliphatic rings. The monoisotopic (exact) mass is 344 g/mol. The second-order valence-electron chi connectivity index (χ2n) is 6.23. The second kappa shape index (κ2) is 6.60. The summed E-state index contributed by atoms with van der Waals surface area (Å²) in [6.45, 7) is 3.35. The van der Waals surface area contributed by atoms with Crippen LogP contribution in [0.2, 0.25) is 0 Å². The molecule has 0 bridgehead atoms. The summed E-state index contributed by atoms with van der Waals surface area (Å²) < 4.78 is 10.7. The molecule has 1 saturated heterocycles. The number of nitrogens with one attached hydrogen (secondary N) is 1. The molecule has 1 aliphatic heterocycles. The zero-order chi connectivity index (χ0) is 18.0. The summed E-state index contributed by atoms with van der Waals surface area (Å²) in [6, 6.07) is 10.1. The molecular formula is C18H20N2O5. The van der Waals surface area contributed by atoms with Gasteiger partial charge in [-0.2, -0.15) is 0 Å². The van der Waals surface area contributed by atoms with Gasteiger partial charge in [0, 0.05) is 0 Å². The first-order chi connectivity index (χ1) is 11.9. The highest BCUT2D eigenvalue weighted by molar-refractivity contribution is 6.06. The van der Waals surface area contributed by atoms with E-state index in [1.165, 1.54) is 6.26 Å². The van der Waals surface area contributed by atoms with Crippen molar-refractivity contribution in [1.29, 1.82) is 0 Å². The first kappa shape index (κ1) is 17.0. The van der Waals surface area contributed by atoms with Gasteiger partial charge in [0.05, 0.1) is 12.8 Å². The molecular weight excluding hydrogens is 324 g/mol. The zero-order valence-corrected chi connectivity index (χ0v) is 14.1. The van der Waals surface area contributed by atoms with E-state index in [9.17, 15) is 14.7 Å². The van der Waals surface area contributed by atoms with E-state index in [1.54, 1.807) is 31.2 Å². The number of imide groups is 1. The SMILES string of the molecule is Cc1ccc(OC[C@@H](O)CN2C(=O)N[C@](C)(c3ccco3)C2=O)cc1. The van der Waals surface area contributed by atoms with Gasteiger partial charge in [-0.25, -0.2) is 4.79 Å². The highest BCUT2D eigenvalue weighted by Gasteiger charge is 2.51. The van der Waals surface area contributed by atoms with Gasteiger partial charge in [0.15, 0.2) is 5.54 Å². The number of ether oxygens (including phenoxy) is 1. The molecule has 0 radical (unpaired) electrons. The molecule has 2 aromatic rings. The molecule has 2 atom stereocenters. The van der Waals surface area contributed by atoms with Crippen LogP contribution >= 0.6 is 0 Å². The summed E-state index contributed by atoms with van der Waals surface area (Å²) in [5.41, 5.74) is -0.164. The molecule has 2 heterocycles. The molecule has 3 amide bonds. The number of rotatable bonds is 6. The van der Waals surface area contributed by atoms with E-state index in [-0.39, 0.29) is 13.2 Å². The molecule has 1 aromatic heterocycles. The van der Waals surface area contributed by atoms with E-state index in [0.29, 0.717) is 11.5 Å². The number of furan rings is 1. The van der Waals surface area contributed by atoms with Crippen molar-refractivity contribution in [3.05, 3.63) is 54.0 Å². The fraction of sp³-hybridized carbons (Fsp3) is 0.333. The standard InChI is InChI=1S/C18H20N2O5/c1-12-5-7-14(8-6-12)25-11-13(21)10-20-16(22)18(2,19-17(20)23)15-4-3-9-24-15/h3-9,13,21H,10-11H2,1-2H3,(H,19,23)/t13-,18+/m0/s1. The maximum atomic E-state index is 12.6. The van der Waals surface area contributed by atoms with Gasteiger partial charge in [-0.1, -0.05) is 17.7 Å². The van der Waals surface area contributed by atoms with E-state index >= 15 is 0 Å². The highest BCUT2D eigenvalue weighted by atomic mass is 16.5. The van der Waals surface area contributed by atoms with Crippen LogP contribution < -0.4 is 10.1 Å². The molecule has 3 rings (SSSR count). The third kappa shape index (κ3) is 3.36. The third-order valence-corrected chi connectivity index (χ3v) is 4.15. The van der Waals surface area contributed by atoms with Gasteiger partial charge in [-0.05, 0) is 38.1 Å². The minimum absolute atomic E-state index is 0.0302. The quantitative estimate of drug-likeness (QED) is 0.780. The lowest BCUT2D eigenvalue weighted by Crippen LogP contribution is -2.42. The van der Waals surface area contributed by atoms with Crippen molar-refractivity contribution >= 4 is 11.9 Å². The third-order valence-electron chi connectivity index (χ3n) is 4.15. The molecule has 7 heteroatoms. The van der Waals surface area contributed by atoms with Crippen molar-refractivity contribution in [3.63, 3.8) is 0 Å². The number of benzene rings is 1. The minimum Gasteiger partial charge on any atom is -0.491 e. The fourth-order valence-corrected chi connectivity index (χ4v) is 2.68. The van der Waals surface area contributed by atoms with Crippen LogP contribution in [0.15, 0.2) is 47.1 Å². The van der Waals surface area contributed by atoms with Gasteiger partial charge in [-0.3, -0.25) is 9.69 Å². The van der Waals surface area contributed by atoms with Crippen LogP contribution in [0.25, 0.3) is 0 Å². The molecule has 0 aliphatic carbocycles. The zero-order valence-electron chi connectivity index (χ0n) is 14.1. The largest absolute Gasteiger partial charge is 0.491 e. The summed E-state index contributed by atoms with van der Waals surface area (Å²) in [7, 11) is 0. The summed E-state index contributed by atoms with van der Waals surface area (Å²) in [6.07, 6.45) is 0.433. The molecule has 25 heavy (non-hydrogen) atoms. The number of aryl methyl sites for hydroxylation is 1. The van der Waals surface area contributed by atoms with Crippen LogP contribution in [-0.4, -0.2) is 41.2 Å². The predicted molar refractivity (Wildman–Crippen MR) is 89.0 cm³/mol. The number of amides is 3. The topological polar surface area (TPSA) is 92.0 Å². The Morgan fingerprint density at radius 3 is 2.64 bits per heavy atom. The van der Waals surface area contributed by atoms with E-state index in [2.05, 4.69) is 5.32 Å². The molecule has 7 nitrogen and oxygen atoms in total. The van der Waals surface area contributed by atoms with Crippen molar-refractivity contribution in [2.24, 2.45) is 0 Å². The smallest absolute Gasteiger partial charge is 0.325 e. The summed E-state index contributed by atoms with van der Waals surface area (Å²) in [5, 5.41) is 12.7. The van der Waals surface area contributed by atoms with Crippen LogP contribution in [-0.2, 0) is 10.3 Å². The number of hydrogen-bond donors (Lipinski definition) is 2. The Balaban J connectivity index is 1.61. The normalized spacial score (nSPS) is 21.3. The Labute approximate surface area is 145 Å². The number of β-amino-alcohol motifs (C(OH)–C–C–N with tert-alkyl or cyclic N) is 1. The van der Waals surface area contributed by atoms with Crippen molar-refractivity contribution < 1.29 is 23.8 Å². The molecule has 1 aromatic carbocycles. The molecule has 1 fully saturated rings. The van der Waals surface area contributed by atoms with Gasteiger partial charge in [0.2, 0.25) is 0 Å². The van der Waals surface area contributed by atoms with Gasteiger partial charge in [0.1, 0.15) is 24.2 Å². The maximum Gasteiger partial charge on any atom is 0.325 e. The number of hydrogen-bond acceptors (Lipinski definition) is 5. The maximum absolute atomic E-state index is 12.6. The lowest BCUT2D eigenvalue weighted by Gasteiger charge is -2.20. The first-order valence-corrected chi connectivity index (χ1v) is 7.96. The molecule has 132 valence electrons. The van der Waals surface area contributed by atoms with E-state index in [4.69, 9.17) is 9.15 Å². The molecule has 2 N–H and O–H groups in total. The number of carbonyl (C=O) groups is 2. The average Bonchev–Trinajstić information content (AvgIpc) is 3.19. The summed E-state index contributed by atoms with van der Waals surface area (Å²) in [4.78, 5) is 25.7. The van der Waals surface area contributed by atoms with E-state index in [0.717, 1.165) is 10.5 Å². The predicted octanol–water partition coefficient (Wildman–Crippen LogP) is 1.79. The number of urea groups is 1. The molecule has 0 saturated carbocycles. The average molecular weight is 344 g/mol. The second-order valence-corrected chi connectivity index (χ2v) is 6.23. The van der Waals surface area contributed by atoms with E-state index in [1.807, 2.05) is 19.1 Å². The van der Waals surface area contributed by atoms with Gasteiger partial charge >= 0.3 is 6.03 Å². The van der Waals surface area contributed by atoms with Gasteiger partial charge < -0.3 is 19.6 Å². The Morgan fingerprint density at radius 1 is 1.28 bits per heavy atom. The fourth-order valence-electron chi connectivity index (χ4n) is 2.68. The van der Waals surface area contributed by atoms with Crippen LogP contribution in [0, 0.1) is 6.92 Å². The van der Waals surface area contributed by atoms with Crippen molar-refractivity contribution in [3.8, 4) is 5.75 Å². The highest BCUT2D eigenvalue weighted by Crippen LogP contribution is 2.29. The molecule has 0 unspecified atom stereocenters. The van der Waals surface area contributed by atoms with Gasteiger partial charge in [-0.15, -0.1) is 0 Å². The first-order valence-electron chi connectivity index (χ1n) is 7.96. The number of aliphatic hydroxyl groups is 1. The van der Waals surface area contributed by atoms with Crippen LogP contribution in [0.5, 0.6) is 5.75 Å². The number of aliphatic hydroxyl groups excluding tert-OH is 1. The Hall–Kier alpha value is -2.80. The van der Waals surface area contributed by atoms with Crippen molar-refractivity contribution in [2.45, 2.75) is 25.5 Å². The Morgan fingerprint density at radius 2 is 2.00 bits per heavy atom. The Kier molecular flexibility index (Phi) is 4.50. The van der Waals surface area contributed by atoms with Crippen LogP contribution in [0.1, 0.15) is 18.2 Å². The number of nitrogens with zero attached hydrogens (tertiary/aromatic N) is 1. The van der Waals surface area contributed by atoms with E-state index < -0.39 is 23.6 Å². The minimum atomic E-state index is -1.27. The lowest BCUT2D eigenvalue weighted by molar-refractivity contribution is -0.132. The molecule has 0 spiro atoms. The van der Waals surface area contributed by atoms with Crippen molar-refractivity contribution in [2.75, 3.05) is 13.2 Å². The summed E-state index contributed by atoms with van der Waals surface area (Å²) >= 11 is 0.